The van der Waals surface area contributed by atoms with Crippen molar-refractivity contribution in [2.45, 2.75) is 37.9 Å². The van der Waals surface area contributed by atoms with Crippen LogP contribution in [0.4, 0.5) is 0 Å². The molecule has 3 atom stereocenters. The smallest absolute Gasteiger partial charge is 0.252 e. The highest BCUT2D eigenvalue weighted by atomic mass is 16.6. The fourth-order valence-corrected chi connectivity index (χ4v) is 6.34. The first-order valence-electron chi connectivity index (χ1n) is 10.7. The Labute approximate surface area is 176 Å². The van der Waals surface area contributed by atoms with Gasteiger partial charge in [0.05, 0.1) is 27.6 Å². The van der Waals surface area contributed by atoms with Gasteiger partial charge in [-0.15, -0.1) is 0 Å². The molecule has 5 heterocycles. The van der Waals surface area contributed by atoms with E-state index in [1.54, 1.807) is 0 Å². The zero-order chi connectivity index (χ0) is 20.6. The first kappa shape index (κ1) is 16.4. The van der Waals surface area contributed by atoms with Gasteiger partial charge in [0.25, 0.3) is 5.91 Å². The summed E-state index contributed by atoms with van der Waals surface area (Å²) in [6, 6.07) is 16.5. The van der Waals surface area contributed by atoms with Crippen molar-refractivity contribution in [2.75, 3.05) is 0 Å². The Hall–Kier alpha value is -3.35. The molecule has 1 amide bonds. The van der Waals surface area contributed by atoms with Gasteiger partial charge < -0.3 is 24.3 Å². The number of carbonyl (C=O) groups is 1. The molecule has 2 aromatic heterocycles. The summed E-state index contributed by atoms with van der Waals surface area (Å²) in [5.74, 6) is -0.0149. The van der Waals surface area contributed by atoms with Gasteiger partial charge in [-0.1, -0.05) is 36.4 Å². The molecule has 1 saturated heterocycles. The lowest BCUT2D eigenvalue weighted by Crippen LogP contribution is -2.32. The number of nitrogens with zero attached hydrogens (tertiary/aromatic N) is 2. The number of nitrogens with one attached hydrogen (secondary N) is 1. The van der Waals surface area contributed by atoms with Gasteiger partial charge in [-0.25, -0.2) is 0 Å². The van der Waals surface area contributed by atoms with Crippen LogP contribution in [0.2, 0.25) is 0 Å². The number of benzene rings is 3. The highest BCUT2D eigenvalue weighted by Gasteiger charge is 2.50. The molecular weight excluding hydrogens is 390 g/mol. The summed E-state index contributed by atoms with van der Waals surface area (Å²) in [7, 11) is 0. The number of ether oxygens (including phenoxy) is 1. The predicted molar refractivity (Wildman–Crippen MR) is 118 cm³/mol. The van der Waals surface area contributed by atoms with Crippen molar-refractivity contribution < 1.29 is 14.6 Å². The topological polar surface area (TPSA) is 68.4 Å². The van der Waals surface area contributed by atoms with Crippen molar-refractivity contribution in [3.63, 3.8) is 0 Å². The summed E-state index contributed by atoms with van der Waals surface area (Å²) in [6.07, 6.45) is -0.307. The van der Waals surface area contributed by atoms with Gasteiger partial charge in [0.1, 0.15) is 11.8 Å². The van der Waals surface area contributed by atoms with Crippen molar-refractivity contribution in [2.24, 2.45) is 0 Å². The molecule has 2 N–H and O–H groups in total. The Morgan fingerprint density at radius 2 is 1.65 bits per heavy atom. The Bertz CT molecular complexity index is 1660. The summed E-state index contributed by atoms with van der Waals surface area (Å²) in [4.78, 5) is 13.1. The molecule has 8 rings (SSSR count). The maximum atomic E-state index is 13.1. The fraction of sp³-hybridized carbons (Fsp3) is 0.240. The monoisotopic (exact) mass is 409 g/mol. The molecule has 3 aliphatic rings. The number of aromatic nitrogens is 2. The number of carbonyl (C=O) groups excluding carboxylic acids is 1. The Kier molecular flexibility index (Phi) is 2.60. The second-order valence-electron chi connectivity index (χ2n) is 9.26. The minimum Gasteiger partial charge on any atom is -0.385 e. The molecule has 3 aromatic carbocycles. The van der Waals surface area contributed by atoms with E-state index in [9.17, 15) is 9.90 Å². The summed E-state index contributed by atoms with van der Waals surface area (Å²) in [5.41, 5.74) is 4.96. The molecule has 2 unspecified atom stereocenters. The number of fused-ring (bicyclic) bond motifs is 13. The molecule has 0 aliphatic carbocycles. The summed E-state index contributed by atoms with van der Waals surface area (Å²) in [6.45, 7) is 2.38. The van der Waals surface area contributed by atoms with E-state index in [4.69, 9.17) is 4.74 Å². The lowest BCUT2D eigenvalue weighted by Gasteiger charge is -2.26. The van der Waals surface area contributed by atoms with Crippen LogP contribution in [0.15, 0.2) is 48.5 Å². The van der Waals surface area contributed by atoms with Crippen molar-refractivity contribution >= 4 is 49.5 Å². The zero-order valence-electron chi connectivity index (χ0n) is 16.8. The molecule has 1 fully saturated rings. The van der Waals surface area contributed by atoms with E-state index >= 15 is 0 Å². The minimum absolute atomic E-state index is 0.0149. The van der Waals surface area contributed by atoms with Gasteiger partial charge in [0.2, 0.25) is 0 Å². The molecule has 0 spiro atoms. The van der Waals surface area contributed by atoms with E-state index in [2.05, 4.69) is 38.7 Å². The van der Waals surface area contributed by atoms with Crippen LogP contribution in [-0.4, -0.2) is 25.7 Å². The molecule has 5 aromatic rings. The van der Waals surface area contributed by atoms with Crippen LogP contribution in [-0.2, 0) is 11.3 Å². The Morgan fingerprint density at radius 3 is 2.42 bits per heavy atom. The molecule has 0 radical (unpaired) electrons. The van der Waals surface area contributed by atoms with Crippen LogP contribution >= 0.6 is 0 Å². The predicted octanol–water partition coefficient (Wildman–Crippen LogP) is 4.33. The number of hydrogen-bond acceptors (Lipinski definition) is 3. The lowest BCUT2D eigenvalue weighted by atomic mass is 9.96. The number of para-hydroxylation sites is 2. The van der Waals surface area contributed by atoms with Crippen LogP contribution in [0.5, 0.6) is 0 Å². The van der Waals surface area contributed by atoms with Crippen LogP contribution in [0.1, 0.15) is 41.7 Å². The zero-order valence-corrected chi connectivity index (χ0v) is 16.8. The van der Waals surface area contributed by atoms with Crippen molar-refractivity contribution in [1.29, 1.82) is 0 Å². The third-order valence-corrected chi connectivity index (χ3v) is 7.48. The van der Waals surface area contributed by atoms with E-state index in [1.165, 1.54) is 0 Å². The summed E-state index contributed by atoms with van der Waals surface area (Å²) < 4.78 is 11.0. The molecular formula is C25H19N3O3. The first-order chi connectivity index (χ1) is 15.1. The number of hydrogen-bond donors (Lipinski definition) is 2. The average Bonchev–Trinajstić information content (AvgIpc) is 3.44. The largest absolute Gasteiger partial charge is 0.385 e. The van der Waals surface area contributed by atoms with Gasteiger partial charge in [0.15, 0.2) is 6.23 Å². The second kappa shape index (κ2) is 4.93. The van der Waals surface area contributed by atoms with E-state index in [0.29, 0.717) is 13.0 Å². The third-order valence-electron chi connectivity index (χ3n) is 7.48. The number of amides is 1. The van der Waals surface area contributed by atoms with E-state index in [0.717, 1.165) is 54.7 Å². The Balaban J connectivity index is 1.79. The standard InChI is InChI=1S/C25H19N3O3/c1-25(30)10-17-27-15-8-4-3-7-13(15)19-20-14(11-26-23(20)29)18-12-6-2-5-9-16(12)28(24(25)31-17)21(18)22(19)27/h2-9,17,24,30H,10-11H2,1H3,(H,26,29)/t17?,24?,25-/m0/s1. The molecule has 3 aliphatic heterocycles. The van der Waals surface area contributed by atoms with Crippen molar-refractivity contribution in [3.05, 3.63) is 59.7 Å². The molecule has 152 valence electrons. The molecule has 0 saturated carbocycles. The lowest BCUT2D eigenvalue weighted by molar-refractivity contribution is -0.0860. The SMILES string of the molecule is C[C@]1(O)CC2OC1n1c3ccccc3c3c4c(c5c6ccccc6n2c5c31)C(=O)NC4. The van der Waals surface area contributed by atoms with Gasteiger partial charge in [-0.3, -0.25) is 4.79 Å². The van der Waals surface area contributed by atoms with Crippen LogP contribution in [0.3, 0.4) is 0 Å². The maximum absolute atomic E-state index is 13.1. The van der Waals surface area contributed by atoms with Gasteiger partial charge in [0, 0.05) is 34.5 Å². The maximum Gasteiger partial charge on any atom is 0.252 e. The van der Waals surface area contributed by atoms with Crippen LogP contribution < -0.4 is 5.32 Å². The first-order valence-corrected chi connectivity index (χ1v) is 10.7. The second-order valence-corrected chi connectivity index (χ2v) is 9.26. The van der Waals surface area contributed by atoms with Crippen LogP contribution in [0, 0.1) is 0 Å². The van der Waals surface area contributed by atoms with Gasteiger partial charge >= 0.3 is 0 Å². The third kappa shape index (κ3) is 1.66. The van der Waals surface area contributed by atoms with Gasteiger partial charge in [-0.2, -0.15) is 0 Å². The minimum atomic E-state index is -1.01. The van der Waals surface area contributed by atoms with E-state index in [1.807, 2.05) is 31.2 Å². The van der Waals surface area contributed by atoms with Gasteiger partial charge in [-0.05, 0) is 24.6 Å². The quantitative estimate of drug-likeness (QED) is 0.400. The molecule has 31 heavy (non-hydrogen) atoms. The van der Waals surface area contributed by atoms with E-state index < -0.39 is 11.8 Å². The Morgan fingerprint density at radius 1 is 1.00 bits per heavy atom. The molecule has 6 heteroatoms. The summed E-state index contributed by atoms with van der Waals surface area (Å²) in [5, 5.41) is 18.7. The van der Waals surface area contributed by atoms with Crippen LogP contribution in [0.25, 0.3) is 43.6 Å². The fourth-order valence-electron chi connectivity index (χ4n) is 6.34. The number of aliphatic hydroxyl groups is 1. The normalized spacial score (nSPS) is 26.5. The number of rotatable bonds is 0. The molecule has 6 nitrogen and oxygen atoms in total. The highest BCUT2D eigenvalue weighted by Crippen LogP contribution is 2.54. The van der Waals surface area contributed by atoms with Crippen molar-refractivity contribution in [1.82, 2.24) is 14.5 Å². The van der Waals surface area contributed by atoms with E-state index in [-0.39, 0.29) is 12.1 Å². The van der Waals surface area contributed by atoms with Crippen molar-refractivity contribution in [3.8, 4) is 0 Å². The average molecular weight is 409 g/mol. The summed E-state index contributed by atoms with van der Waals surface area (Å²) >= 11 is 0. The highest BCUT2D eigenvalue weighted by molar-refractivity contribution is 6.30. The molecule has 2 bridgehead atoms.